The van der Waals surface area contributed by atoms with Gasteiger partial charge in [0.2, 0.25) is 0 Å². The Kier molecular flexibility index (Phi) is 9.13. The van der Waals surface area contributed by atoms with Gasteiger partial charge >= 0.3 is 0 Å². The number of nitrogens with zero attached hydrogens (tertiary/aromatic N) is 4. The van der Waals surface area contributed by atoms with Crippen molar-refractivity contribution in [3.8, 4) is 67.5 Å². The topological polar surface area (TPSA) is 35.6 Å². The van der Waals surface area contributed by atoms with Crippen molar-refractivity contribution in [3.63, 3.8) is 0 Å². The number of benzene rings is 9. The van der Waals surface area contributed by atoms with Crippen LogP contribution < -0.4 is 0 Å². The normalized spacial score (nSPS) is 11.6. The second-order valence-corrected chi connectivity index (χ2v) is 17.3. The Bertz CT molecular complexity index is 3680. The third kappa shape index (κ3) is 6.70. The molecule has 9 aromatic carbocycles. The lowest BCUT2D eigenvalue weighted by Gasteiger charge is -2.13. The van der Waals surface area contributed by atoms with Crippen LogP contribution in [0.5, 0.6) is 0 Å². The Labute approximate surface area is 378 Å². The molecule has 65 heavy (non-hydrogen) atoms. The molecular weight excluding hydrogens is 789 g/mol. The van der Waals surface area contributed by atoms with Crippen molar-refractivity contribution < 1.29 is 0 Å². The SMILES string of the molecule is Cc1cccc(-c2cc(-c3ccc(-c4ccc(-c5ccc(-n6c7ccccc7c7cc(-n8c9ccccc9c9ccccc98)ccc76)cc5)c(C)c4)cc3)nc(-c3cccc(C)c3)n2)c1. The molecule has 0 atom stereocenters. The van der Waals surface area contributed by atoms with Crippen molar-refractivity contribution in [2.45, 2.75) is 20.8 Å². The van der Waals surface area contributed by atoms with Crippen molar-refractivity contribution in [1.82, 2.24) is 19.1 Å². The molecular formula is C61H44N4. The third-order valence-corrected chi connectivity index (χ3v) is 13.0. The first kappa shape index (κ1) is 38.3. The average molecular weight is 833 g/mol. The van der Waals surface area contributed by atoms with E-state index in [2.05, 4.69) is 242 Å². The fourth-order valence-corrected chi connectivity index (χ4v) is 9.83. The van der Waals surface area contributed by atoms with E-state index in [9.17, 15) is 0 Å². The van der Waals surface area contributed by atoms with Gasteiger partial charge in [-0.15, -0.1) is 0 Å². The minimum Gasteiger partial charge on any atom is -0.309 e. The van der Waals surface area contributed by atoms with E-state index in [1.165, 1.54) is 82.6 Å². The molecule has 0 amide bonds. The summed E-state index contributed by atoms with van der Waals surface area (Å²) >= 11 is 0. The number of para-hydroxylation sites is 3. The zero-order valence-corrected chi connectivity index (χ0v) is 36.5. The fraction of sp³-hybridized carbons (Fsp3) is 0.0492. The summed E-state index contributed by atoms with van der Waals surface area (Å²) in [4.78, 5) is 10.1. The van der Waals surface area contributed by atoms with Crippen molar-refractivity contribution in [3.05, 3.63) is 229 Å². The maximum atomic E-state index is 5.09. The molecule has 4 heteroatoms. The summed E-state index contributed by atoms with van der Waals surface area (Å²) in [7, 11) is 0. The van der Waals surface area contributed by atoms with Crippen LogP contribution in [0, 0.1) is 20.8 Å². The van der Waals surface area contributed by atoms with Crippen molar-refractivity contribution in [2.75, 3.05) is 0 Å². The monoisotopic (exact) mass is 832 g/mol. The van der Waals surface area contributed by atoms with E-state index in [1.807, 2.05) is 0 Å². The van der Waals surface area contributed by atoms with Crippen molar-refractivity contribution >= 4 is 43.6 Å². The van der Waals surface area contributed by atoms with Gasteiger partial charge in [-0.3, -0.25) is 0 Å². The predicted octanol–water partition coefficient (Wildman–Crippen LogP) is 15.9. The third-order valence-electron chi connectivity index (χ3n) is 13.0. The molecule has 3 heterocycles. The Balaban J connectivity index is 0.850. The summed E-state index contributed by atoms with van der Waals surface area (Å²) in [5, 5.41) is 5.01. The number of hydrogen-bond acceptors (Lipinski definition) is 2. The molecule has 12 aromatic rings. The second-order valence-electron chi connectivity index (χ2n) is 17.3. The number of fused-ring (bicyclic) bond motifs is 6. The van der Waals surface area contributed by atoms with Crippen LogP contribution >= 0.6 is 0 Å². The van der Waals surface area contributed by atoms with E-state index in [-0.39, 0.29) is 0 Å². The van der Waals surface area contributed by atoms with E-state index in [1.54, 1.807) is 0 Å². The van der Waals surface area contributed by atoms with Gasteiger partial charge in [0, 0.05) is 49.6 Å². The first-order chi connectivity index (χ1) is 31.9. The zero-order valence-electron chi connectivity index (χ0n) is 36.5. The molecule has 0 saturated carbocycles. The first-order valence-corrected chi connectivity index (χ1v) is 22.3. The lowest BCUT2D eigenvalue weighted by Crippen LogP contribution is -1.96. The molecule has 12 rings (SSSR count). The van der Waals surface area contributed by atoms with Crippen LogP contribution in [0.3, 0.4) is 0 Å². The first-order valence-electron chi connectivity index (χ1n) is 22.3. The van der Waals surface area contributed by atoms with E-state index in [4.69, 9.17) is 9.97 Å². The Hall–Kier alpha value is -8.34. The molecule has 3 aromatic heterocycles. The van der Waals surface area contributed by atoms with Crippen LogP contribution in [0.1, 0.15) is 16.7 Å². The van der Waals surface area contributed by atoms with Gasteiger partial charge in [0.15, 0.2) is 5.82 Å². The van der Waals surface area contributed by atoms with E-state index in [0.29, 0.717) is 0 Å². The standard InChI is InChI=1S/C61H44N4/c1-39-12-10-14-46(34-39)56-38-55(62-61(63-56)47-15-11-13-40(2)35-47)44-24-22-42(23-25-44)45-28-32-50(41(3)36-45)43-26-29-48(30-27-43)64-59-21-9-6-18-53(59)54-37-49(31-33-60(54)64)65-57-19-7-4-16-51(57)52-17-5-8-20-58(52)65/h4-38H,1-3H3. The molecule has 0 radical (unpaired) electrons. The van der Waals surface area contributed by atoms with Crippen LogP contribution in [0.2, 0.25) is 0 Å². The molecule has 0 aliphatic rings. The van der Waals surface area contributed by atoms with Gasteiger partial charge in [0.1, 0.15) is 0 Å². The minimum absolute atomic E-state index is 0.728. The molecule has 4 nitrogen and oxygen atoms in total. The molecule has 0 saturated heterocycles. The molecule has 0 bridgehead atoms. The molecule has 0 aliphatic carbocycles. The maximum Gasteiger partial charge on any atom is 0.160 e. The quantitative estimate of drug-likeness (QED) is 0.160. The molecule has 308 valence electrons. The van der Waals surface area contributed by atoms with Gasteiger partial charge in [0.25, 0.3) is 0 Å². The van der Waals surface area contributed by atoms with Crippen molar-refractivity contribution in [1.29, 1.82) is 0 Å². The van der Waals surface area contributed by atoms with E-state index in [0.717, 1.165) is 45.3 Å². The van der Waals surface area contributed by atoms with Gasteiger partial charge in [-0.05, 0) is 115 Å². The lowest BCUT2D eigenvalue weighted by atomic mass is 9.95. The Morgan fingerprint density at radius 1 is 0.308 bits per heavy atom. The molecule has 0 unspecified atom stereocenters. The second kappa shape index (κ2) is 15.5. The zero-order chi connectivity index (χ0) is 43.6. The molecule has 0 aliphatic heterocycles. The number of hydrogen-bond donors (Lipinski definition) is 0. The Morgan fingerprint density at radius 2 is 0.800 bits per heavy atom. The summed E-state index contributed by atoms with van der Waals surface area (Å²) in [5.74, 6) is 0.728. The summed E-state index contributed by atoms with van der Waals surface area (Å²) in [6, 6.07) is 76.7. The molecule has 0 fully saturated rings. The smallest absolute Gasteiger partial charge is 0.160 e. The van der Waals surface area contributed by atoms with Crippen LogP contribution in [0.25, 0.3) is 111 Å². The van der Waals surface area contributed by atoms with Crippen molar-refractivity contribution in [2.24, 2.45) is 0 Å². The predicted molar refractivity (Wildman–Crippen MR) is 272 cm³/mol. The van der Waals surface area contributed by atoms with Gasteiger partial charge in [-0.2, -0.15) is 0 Å². The number of aromatic nitrogens is 4. The summed E-state index contributed by atoms with van der Waals surface area (Å²) in [5.41, 5.74) is 20.5. The highest BCUT2D eigenvalue weighted by atomic mass is 15.0. The number of rotatable bonds is 7. The molecule has 0 spiro atoms. The van der Waals surface area contributed by atoms with Gasteiger partial charge in [0.05, 0.1) is 33.5 Å². The minimum atomic E-state index is 0.728. The highest BCUT2D eigenvalue weighted by Gasteiger charge is 2.17. The van der Waals surface area contributed by atoms with Gasteiger partial charge in [-0.1, -0.05) is 157 Å². The summed E-state index contributed by atoms with van der Waals surface area (Å²) in [6.45, 7) is 6.43. The highest BCUT2D eigenvalue weighted by molar-refractivity contribution is 6.12. The largest absolute Gasteiger partial charge is 0.309 e. The maximum absolute atomic E-state index is 5.09. The van der Waals surface area contributed by atoms with Crippen LogP contribution in [-0.4, -0.2) is 19.1 Å². The van der Waals surface area contributed by atoms with E-state index < -0.39 is 0 Å². The highest BCUT2D eigenvalue weighted by Crippen LogP contribution is 2.38. The summed E-state index contributed by atoms with van der Waals surface area (Å²) in [6.07, 6.45) is 0. The van der Waals surface area contributed by atoms with Crippen LogP contribution in [0.15, 0.2) is 212 Å². The fourth-order valence-electron chi connectivity index (χ4n) is 9.83. The van der Waals surface area contributed by atoms with E-state index >= 15 is 0 Å². The van der Waals surface area contributed by atoms with Gasteiger partial charge in [-0.25, -0.2) is 9.97 Å². The van der Waals surface area contributed by atoms with Gasteiger partial charge < -0.3 is 9.13 Å². The summed E-state index contributed by atoms with van der Waals surface area (Å²) < 4.78 is 4.80. The molecule has 0 N–H and O–H groups in total. The lowest BCUT2D eigenvalue weighted by molar-refractivity contribution is 1.17. The van der Waals surface area contributed by atoms with Crippen LogP contribution in [-0.2, 0) is 0 Å². The number of aryl methyl sites for hydroxylation is 3. The Morgan fingerprint density at radius 3 is 1.43 bits per heavy atom. The van der Waals surface area contributed by atoms with Crippen LogP contribution in [0.4, 0.5) is 0 Å². The average Bonchev–Trinajstić information content (AvgIpc) is 3.86.